The normalized spacial score (nSPS) is 16.3. The van der Waals surface area contributed by atoms with Gasteiger partial charge >= 0.3 is 0 Å². The van der Waals surface area contributed by atoms with E-state index >= 15 is 0 Å². The molecule has 1 heterocycles. The zero-order valence-corrected chi connectivity index (χ0v) is 17.5. The topological polar surface area (TPSA) is 59.1 Å². The maximum Gasteiger partial charge on any atom is 0.255 e. The summed E-state index contributed by atoms with van der Waals surface area (Å²) < 4.78 is 10.6. The molecule has 6 nitrogen and oxygen atoms in total. The van der Waals surface area contributed by atoms with Crippen LogP contribution < -0.4 is 14.4 Å². The Labute approximate surface area is 172 Å². The van der Waals surface area contributed by atoms with Crippen molar-refractivity contribution in [2.45, 2.75) is 12.8 Å². The molecule has 154 valence electrons. The Bertz CT molecular complexity index is 894. The highest BCUT2D eigenvalue weighted by Crippen LogP contribution is 2.30. The largest absolute Gasteiger partial charge is 0.493 e. The van der Waals surface area contributed by atoms with Crippen molar-refractivity contribution in [2.75, 3.05) is 46.3 Å². The number of nitrogens with zero attached hydrogens (tertiary/aromatic N) is 2. The Hall–Kier alpha value is -3.02. The lowest BCUT2D eigenvalue weighted by Gasteiger charge is -2.33. The molecule has 6 heteroatoms. The molecule has 2 aromatic carbocycles. The smallest absolute Gasteiger partial charge is 0.255 e. The van der Waals surface area contributed by atoms with Crippen molar-refractivity contribution in [2.24, 2.45) is 5.92 Å². The average molecular weight is 396 g/mol. The van der Waals surface area contributed by atoms with Crippen LogP contribution in [-0.4, -0.2) is 58.0 Å². The first-order valence-corrected chi connectivity index (χ1v) is 9.78. The summed E-state index contributed by atoms with van der Waals surface area (Å²) in [7, 11) is 6.96. The van der Waals surface area contributed by atoms with Crippen molar-refractivity contribution >= 4 is 17.4 Å². The number of hydrogen-bond acceptors (Lipinski definition) is 5. The third-order valence-corrected chi connectivity index (χ3v) is 5.36. The van der Waals surface area contributed by atoms with Crippen LogP contribution in [0, 0.1) is 5.92 Å². The first-order chi connectivity index (χ1) is 14.0. The molecular weight excluding hydrogens is 368 g/mol. The highest BCUT2D eigenvalue weighted by Gasteiger charge is 2.30. The van der Waals surface area contributed by atoms with Crippen LogP contribution in [0.5, 0.6) is 11.5 Å². The van der Waals surface area contributed by atoms with E-state index in [0.29, 0.717) is 35.7 Å². The second-order valence-electron chi connectivity index (χ2n) is 7.44. The van der Waals surface area contributed by atoms with Gasteiger partial charge in [-0.15, -0.1) is 0 Å². The van der Waals surface area contributed by atoms with Crippen molar-refractivity contribution in [3.63, 3.8) is 0 Å². The van der Waals surface area contributed by atoms with Gasteiger partial charge < -0.3 is 19.3 Å². The van der Waals surface area contributed by atoms with Crippen molar-refractivity contribution in [1.29, 1.82) is 0 Å². The summed E-state index contributed by atoms with van der Waals surface area (Å²) in [6.45, 7) is 1.09. The summed E-state index contributed by atoms with van der Waals surface area (Å²) in [6.07, 6.45) is 1.58. The Kier molecular flexibility index (Phi) is 6.42. The minimum Gasteiger partial charge on any atom is -0.493 e. The number of amides is 1. The SMILES string of the molecule is COc1ccc(C(=O)[C@H]2CCCN(C(=O)c3ccccc3N(C)C)C2)cc1OC. The van der Waals surface area contributed by atoms with E-state index in [-0.39, 0.29) is 17.6 Å². The van der Waals surface area contributed by atoms with Gasteiger partial charge in [0.15, 0.2) is 17.3 Å². The van der Waals surface area contributed by atoms with Crippen LogP contribution in [0.3, 0.4) is 0 Å². The Morgan fingerprint density at radius 2 is 1.76 bits per heavy atom. The second kappa shape index (κ2) is 8.99. The molecule has 1 aliphatic heterocycles. The van der Waals surface area contributed by atoms with Gasteiger partial charge in [-0.1, -0.05) is 12.1 Å². The molecule has 1 amide bonds. The molecule has 3 rings (SSSR count). The standard InChI is InChI=1S/C23H28N2O4/c1-24(2)19-10-6-5-9-18(19)23(27)25-13-7-8-17(15-25)22(26)16-11-12-20(28-3)21(14-16)29-4/h5-6,9-12,14,17H,7-8,13,15H2,1-4H3/t17-/m0/s1. The van der Waals surface area contributed by atoms with Gasteiger partial charge in [-0.3, -0.25) is 9.59 Å². The van der Waals surface area contributed by atoms with Crippen LogP contribution in [0.25, 0.3) is 0 Å². The molecule has 1 aliphatic rings. The summed E-state index contributed by atoms with van der Waals surface area (Å²) in [5.74, 6) is 0.896. The van der Waals surface area contributed by atoms with Gasteiger partial charge in [-0.05, 0) is 43.2 Å². The molecule has 0 aromatic heterocycles. The summed E-state index contributed by atoms with van der Waals surface area (Å²) in [6, 6.07) is 12.8. The second-order valence-corrected chi connectivity index (χ2v) is 7.44. The molecule has 1 fully saturated rings. The lowest BCUT2D eigenvalue weighted by Crippen LogP contribution is -2.42. The molecule has 29 heavy (non-hydrogen) atoms. The molecule has 0 aliphatic carbocycles. The fourth-order valence-corrected chi connectivity index (χ4v) is 3.82. The summed E-state index contributed by atoms with van der Waals surface area (Å²) in [5, 5.41) is 0. The van der Waals surface area contributed by atoms with E-state index in [4.69, 9.17) is 9.47 Å². The fraction of sp³-hybridized carbons (Fsp3) is 0.391. The van der Waals surface area contributed by atoms with E-state index in [1.807, 2.05) is 43.3 Å². The predicted octanol–water partition coefficient (Wildman–Crippen LogP) is 3.50. The molecule has 2 aromatic rings. The number of methoxy groups -OCH3 is 2. The number of likely N-dealkylation sites (tertiary alicyclic amines) is 1. The van der Waals surface area contributed by atoms with Crippen LogP contribution in [0.4, 0.5) is 5.69 Å². The zero-order valence-electron chi connectivity index (χ0n) is 17.5. The van der Waals surface area contributed by atoms with Gasteiger partial charge in [0.1, 0.15) is 0 Å². The maximum absolute atomic E-state index is 13.2. The number of carbonyl (C=O) groups is 2. The summed E-state index contributed by atoms with van der Waals surface area (Å²) in [5.41, 5.74) is 2.12. The number of rotatable bonds is 6. The van der Waals surface area contributed by atoms with Crippen LogP contribution in [0.2, 0.25) is 0 Å². The number of carbonyl (C=O) groups excluding carboxylic acids is 2. The lowest BCUT2D eigenvalue weighted by molar-refractivity contribution is 0.0637. The summed E-state index contributed by atoms with van der Waals surface area (Å²) in [4.78, 5) is 30.0. The zero-order chi connectivity index (χ0) is 21.0. The Morgan fingerprint density at radius 1 is 1.03 bits per heavy atom. The molecule has 0 bridgehead atoms. The molecule has 0 spiro atoms. The molecule has 0 N–H and O–H groups in total. The number of benzene rings is 2. The van der Waals surface area contributed by atoms with Gasteiger partial charge in [0, 0.05) is 44.4 Å². The number of ketones is 1. The molecular formula is C23H28N2O4. The molecule has 0 radical (unpaired) electrons. The quantitative estimate of drug-likeness (QED) is 0.700. The molecule has 1 saturated heterocycles. The molecule has 0 unspecified atom stereocenters. The number of Topliss-reactive ketones (excluding diaryl/α,β-unsaturated/α-hetero) is 1. The number of piperidine rings is 1. The monoisotopic (exact) mass is 396 g/mol. The van der Waals surface area contributed by atoms with Crippen LogP contribution in [0.15, 0.2) is 42.5 Å². The van der Waals surface area contributed by atoms with E-state index in [1.54, 1.807) is 37.3 Å². The van der Waals surface area contributed by atoms with Gasteiger partial charge in [-0.2, -0.15) is 0 Å². The number of hydrogen-bond donors (Lipinski definition) is 0. The van der Waals surface area contributed by atoms with Crippen molar-refractivity contribution in [1.82, 2.24) is 4.90 Å². The van der Waals surface area contributed by atoms with Gasteiger partial charge in [0.2, 0.25) is 0 Å². The van der Waals surface area contributed by atoms with E-state index in [9.17, 15) is 9.59 Å². The van der Waals surface area contributed by atoms with Gasteiger partial charge in [-0.25, -0.2) is 0 Å². The predicted molar refractivity (Wildman–Crippen MR) is 113 cm³/mol. The highest BCUT2D eigenvalue weighted by molar-refractivity contribution is 6.01. The van der Waals surface area contributed by atoms with Gasteiger partial charge in [0.25, 0.3) is 5.91 Å². The third-order valence-electron chi connectivity index (χ3n) is 5.36. The average Bonchev–Trinajstić information content (AvgIpc) is 2.77. The first-order valence-electron chi connectivity index (χ1n) is 9.78. The van der Waals surface area contributed by atoms with E-state index in [0.717, 1.165) is 18.5 Å². The number of anilines is 1. The lowest BCUT2D eigenvalue weighted by atomic mass is 9.89. The Balaban J connectivity index is 1.79. The van der Waals surface area contributed by atoms with Gasteiger partial charge in [0.05, 0.1) is 19.8 Å². The van der Waals surface area contributed by atoms with Crippen molar-refractivity contribution in [3.8, 4) is 11.5 Å². The van der Waals surface area contributed by atoms with E-state index in [1.165, 1.54) is 0 Å². The maximum atomic E-state index is 13.2. The first kappa shape index (κ1) is 20.7. The molecule has 0 saturated carbocycles. The van der Waals surface area contributed by atoms with Crippen LogP contribution >= 0.6 is 0 Å². The number of para-hydroxylation sites is 1. The fourth-order valence-electron chi connectivity index (χ4n) is 3.82. The van der Waals surface area contributed by atoms with E-state index < -0.39 is 0 Å². The van der Waals surface area contributed by atoms with E-state index in [2.05, 4.69) is 0 Å². The highest BCUT2D eigenvalue weighted by atomic mass is 16.5. The minimum absolute atomic E-state index is 0.0286. The summed E-state index contributed by atoms with van der Waals surface area (Å²) >= 11 is 0. The van der Waals surface area contributed by atoms with Crippen LogP contribution in [0.1, 0.15) is 33.6 Å². The Morgan fingerprint density at radius 3 is 2.45 bits per heavy atom. The number of ether oxygens (including phenoxy) is 2. The third kappa shape index (κ3) is 4.36. The van der Waals surface area contributed by atoms with Crippen molar-refractivity contribution < 1.29 is 19.1 Å². The molecule has 1 atom stereocenters. The minimum atomic E-state index is -0.225. The van der Waals surface area contributed by atoms with Crippen LogP contribution in [-0.2, 0) is 0 Å². The van der Waals surface area contributed by atoms with Crippen molar-refractivity contribution in [3.05, 3.63) is 53.6 Å².